The predicted octanol–water partition coefficient (Wildman–Crippen LogP) is 8.45. The average molecular weight is 471 g/mol. The SMILES string of the molecule is Brc1ccc2c(c1)C1(c3ccccc3C=C2)c2ccccc2-c2c1ccc1ccccc21. The molecule has 5 aromatic rings. The van der Waals surface area contributed by atoms with E-state index in [0.717, 1.165) is 4.47 Å². The van der Waals surface area contributed by atoms with Crippen molar-refractivity contribution >= 4 is 38.9 Å². The highest BCUT2D eigenvalue weighted by Crippen LogP contribution is 2.59. The van der Waals surface area contributed by atoms with E-state index in [1.54, 1.807) is 0 Å². The van der Waals surface area contributed by atoms with Gasteiger partial charge in [-0.25, -0.2) is 0 Å². The van der Waals surface area contributed by atoms with Crippen molar-refractivity contribution in [3.05, 3.63) is 141 Å². The molecule has 5 aromatic carbocycles. The van der Waals surface area contributed by atoms with Crippen LogP contribution < -0.4 is 0 Å². The molecule has 0 fully saturated rings. The van der Waals surface area contributed by atoms with Crippen molar-refractivity contribution in [1.82, 2.24) is 0 Å². The molecule has 2 aliphatic carbocycles. The van der Waals surface area contributed by atoms with Gasteiger partial charge in [0.2, 0.25) is 0 Å². The predicted molar refractivity (Wildman–Crippen MR) is 138 cm³/mol. The maximum atomic E-state index is 3.78. The number of benzene rings is 5. The second-order valence-electron chi connectivity index (χ2n) is 8.66. The first-order valence-electron chi connectivity index (χ1n) is 11.0. The van der Waals surface area contributed by atoms with Crippen molar-refractivity contribution in [1.29, 1.82) is 0 Å². The number of hydrogen-bond donors (Lipinski definition) is 0. The van der Waals surface area contributed by atoms with Gasteiger partial charge in [0.15, 0.2) is 0 Å². The van der Waals surface area contributed by atoms with Gasteiger partial charge in [-0.1, -0.05) is 119 Å². The number of hydrogen-bond acceptors (Lipinski definition) is 0. The summed E-state index contributed by atoms with van der Waals surface area (Å²) < 4.78 is 1.11. The first kappa shape index (κ1) is 18.2. The minimum Gasteiger partial charge on any atom is -0.0619 e. The fraction of sp³-hybridized carbons (Fsp3) is 0.0323. The van der Waals surface area contributed by atoms with E-state index in [9.17, 15) is 0 Å². The van der Waals surface area contributed by atoms with Crippen LogP contribution in [0.2, 0.25) is 0 Å². The van der Waals surface area contributed by atoms with Gasteiger partial charge in [-0.05, 0) is 67.4 Å². The lowest BCUT2D eigenvalue weighted by molar-refractivity contribution is 0.766. The minimum absolute atomic E-state index is 0.366. The van der Waals surface area contributed by atoms with Gasteiger partial charge in [-0.15, -0.1) is 0 Å². The molecular weight excluding hydrogens is 452 g/mol. The van der Waals surface area contributed by atoms with Crippen LogP contribution in [0.15, 0.2) is 108 Å². The molecule has 0 saturated carbocycles. The molecule has 0 saturated heterocycles. The molecule has 150 valence electrons. The van der Waals surface area contributed by atoms with Crippen LogP contribution in [-0.2, 0) is 5.41 Å². The summed E-state index contributed by atoms with van der Waals surface area (Å²) in [5.41, 5.74) is 10.3. The first-order valence-corrected chi connectivity index (χ1v) is 11.8. The second kappa shape index (κ2) is 6.54. The molecule has 1 atom stereocenters. The van der Waals surface area contributed by atoms with Gasteiger partial charge in [-0.2, -0.15) is 0 Å². The van der Waals surface area contributed by atoms with Gasteiger partial charge in [0.25, 0.3) is 0 Å². The largest absolute Gasteiger partial charge is 0.0725 e. The monoisotopic (exact) mass is 470 g/mol. The fourth-order valence-electron chi connectivity index (χ4n) is 5.93. The molecule has 0 bridgehead atoms. The molecule has 2 aliphatic rings. The smallest absolute Gasteiger partial charge is 0.0619 e. The fourth-order valence-corrected chi connectivity index (χ4v) is 6.30. The molecule has 0 amide bonds. The molecule has 1 spiro atoms. The molecule has 0 nitrogen and oxygen atoms in total. The normalized spacial score (nSPS) is 17.5. The lowest BCUT2D eigenvalue weighted by atomic mass is 9.66. The lowest BCUT2D eigenvalue weighted by Crippen LogP contribution is -2.30. The number of rotatable bonds is 0. The van der Waals surface area contributed by atoms with Crippen LogP contribution in [0.4, 0.5) is 0 Å². The van der Waals surface area contributed by atoms with E-state index >= 15 is 0 Å². The Hall–Kier alpha value is -3.42. The Balaban J connectivity index is 1.76. The molecule has 0 aromatic heterocycles. The summed E-state index contributed by atoms with van der Waals surface area (Å²) in [5, 5.41) is 2.60. The highest BCUT2D eigenvalue weighted by Gasteiger charge is 2.48. The topological polar surface area (TPSA) is 0 Å². The van der Waals surface area contributed by atoms with Crippen molar-refractivity contribution in [3.8, 4) is 11.1 Å². The first-order chi connectivity index (χ1) is 15.8. The summed E-state index contributed by atoms with van der Waals surface area (Å²) in [6, 6.07) is 38.0. The summed E-state index contributed by atoms with van der Waals surface area (Å²) in [6.07, 6.45) is 4.55. The van der Waals surface area contributed by atoms with E-state index in [1.807, 2.05) is 0 Å². The zero-order valence-electron chi connectivity index (χ0n) is 17.3. The van der Waals surface area contributed by atoms with E-state index in [1.165, 1.54) is 55.3 Å². The summed E-state index contributed by atoms with van der Waals surface area (Å²) in [5.74, 6) is 0. The van der Waals surface area contributed by atoms with E-state index < -0.39 is 0 Å². The van der Waals surface area contributed by atoms with Crippen LogP contribution in [0, 0.1) is 0 Å². The molecule has 0 heterocycles. The maximum Gasteiger partial charge on any atom is 0.0725 e. The molecule has 1 heteroatoms. The van der Waals surface area contributed by atoms with Crippen molar-refractivity contribution in [2.45, 2.75) is 5.41 Å². The Morgan fingerprint density at radius 3 is 2.16 bits per heavy atom. The van der Waals surface area contributed by atoms with E-state index in [0.29, 0.717) is 0 Å². The van der Waals surface area contributed by atoms with Gasteiger partial charge >= 0.3 is 0 Å². The van der Waals surface area contributed by atoms with Crippen molar-refractivity contribution in [3.63, 3.8) is 0 Å². The Morgan fingerprint density at radius 2 is 1.25 bits per heavy atom. The molecular formula is C31H19Br. The maximum absolute atomic E-state index is 3.78. The third kappa shape index (κ3) is 2.22. The minimum atomic E-state index is -0.366. The van der Waals surface area contributed by atoms with Crippen LogP contribution in [0.5, 0.6) is 0 Å². The Bertz CT molecular complexity index is 1590. The number of halogens is 1. The summed E-state index contributed by atoms with van der Waals surface area (Å²) in [7, 11) is 0. The molecule has 0 N–H and O–H groups in total. The highest BCUT2D eigenvalue weighted by molar-refractivity contribution is 9.10. The summed E-state index contributed by atoms with van der Waals surface area (Å²) >= 11 is 3.78. The second-order valence-corrected chi connectivity index (χ2v) is 9.57. The standard InChI is InChI=1S/C31H19Br/c32-23-17-15-22-14-13-21-8-2-5-11-26(21)31(29(22)19-23)27-12-6-4-10-25(27)30-24-9-3-1-7-20(24)16-18-28(30)31/h1-19H. The Kier molecular flexibility index (Phi) is 3.72. The summed E-state index contributed by atoms with van der Waals surface area (Å²) in [4.78, 5) is 0. The van der Waals surface area contributed by atoms with Gasteiger partial charge in [0, 0.05) is 4.47 Å². The Labute approximate surface area is 196 Å². The third-order valence-electron chi connectivity index (χ3n) is 7.16. The molecule has 0 aliphatic heterocycles. The molecule has 0 radical (unpaired) electrons. The quantitative estimate of drug-likeness (QED) is 0.208. The van der Waals surface area contributed by atoms with Crippen LogP contribution in [-0.4, -0.2) is 0 Å². The molecule has 32 heavy (non-hydrogen) atoms. The zero-order valence-corrected chi connectivity index (χ0v) is 18.9. The van der Waals surface area contributed by atoms with Crippen molar-refractivity contribution in [2.75, 3.05) is 0 Å². The van der Waals surface area contributed by atoms with E-state index in [2.05, 4.69) is 131 Å². The summed E-state index contributed by atoms with van der Waals surface area (Å²) in [6.45, 7) is 0. The van der Waals surface area contributed by atoms with Crippen molar-refractivity contribution in [2.24, 2.45) is 0 Å². The average Bonchev–Trinajstić information content (AvgIpc) is 3.06. The molecule has 1 unspecified atom stereocenters. The van der Waals surface area contributed by atoms with Gasteiger partial charge in [-0.3, -0.25) is 0 Å². The molecule has 7 rings (SSSR count). The van der Waals surface area contributed by atoms with Gasteiger partial charge < -0.3 is 0 Å². The van der Waals surface area contributed by atoms with Crippen LogP contribution >= 0.6 is 15.9 Å². The third-order valence-corrected chi connectivity index (χ3v) is 7.65. The van der Waals surface area contributed by atoms with E-state index in [-0.39, 0.29) is 5.41 Å². The van der Waals surface area contributed by atoms with Crippen LogP contribution in [0.25, 0.3) is 34.1 Å². The highest BCUT2D eigenvalue weighted by atomic mass is 79.9. The zero-order chi connectivity index (χ0) is 21.3. The van der Waals surface area contributed by atoms with E-state index in [4.69, 9.17) is 0 Å². The van der Waals surface area contributed by atoms with Crippen LogP contribution in [0.3, 0.4) is 0 Å². The van der Waals surface area contributed by atoms with Gasteiger partial charge in [0.1, 0.15) is 0 Å². The lowest BCUT2D eigenvalue weighted by Gasteiger charge is -2.35. The van der Waals surface area contributed by atoms with Crippen molar-refractivity contribution < 1.29 is 0 Å². The Morgan fingerprint density at radius 1 is 0.531 bits per heavy atom. The van der Waals surface area contributed by atoms with Gasteiger partial charge in [0.05, 0.1) is 5.41 Å². The van der Waals surface area contributed by atoms with Crippen LogP contribution in [0.1, 0.15) is 33.4 Å². The number of fused-ring (bicyclic) bond motifs is 11.